The molecule has 0 unspecified atom stereocenters. The van der Waals surface area contributed by atoms with E-state index in [0.717, 1.165) is 47.5 Å². The summed E-state index contributed by atoms with van der Waals surface area (Å²) in [5, 5.41) is 6.00. The Morgan fingerprint density at radius 2 is 2.07 bits per heavy atom. The van der Waals surface area contributed by atoms with Crippen LogP contribution in [0.5, 0.6) is 0 Å². The number of carbonyl (C=O) groups is 1. The molecular weight excluding hydrogens is 388 g/mol. The van der Waals surface area contributed by atoms with Crippen molar-refractivity contribution in [2.45, 2.75) is 38.8 Å². The quantitative estimate of drug-likeness (QED) is 0.605. The maximum absolute atomic E-state index is 12.5. The zero-order valence-electron chi connectivity index (χ0n) is 16.9. The van der Waals surface area contributed by atoms with E-state index >= 15 is 0 Å². The number of pyridine rings is 1. The zero-order valence-corrected chi connectivity index (χ0v) is 17.7. The van der Waals surface area contributed by atoms with Gasteiger partial charge in [-0.15, -0.1) is 12.4 Å². The third-order valence-electron chi connectivity index (χ3n) is 5.53. The number of carbonyl (C=O) groups excluding carboxylic acids is 1. The molecule has 29 heavy (non-hydrogen) atoms. The highest BCUT2D eigenvalue weighted by atomic mass is 35.5. The molecule has 0 bridgehead atoms. The van der Waals surface area contributed by atoms with E-state index in [4.69, 9.17) is 4.98 Å². The highest BCUT2D eigenvalue weighted by molar-refractivity contribution is 5.89. The number of H-pyrrole nitrogens is 1. The lowest BCUT2D eigenvalue weighted by atomic mass is 9.97. The van der Waals surface area contributed by atoms with Gasteiger partial charge in [-0.25, -0.2) is 9.78 Å². The van der Waals surface area contributed by atoms with Gasteiger partial charge in [-0.05, 0) is 57.5 Å². The number of nitrogens with one attached hydrogen (secondary N) is 3. The number of para-hydroxylation sites is 2. The molecule has 1 aliphatic heterocycles. The first kappa shape index (κ1) is 21.1. The minimum atomic E-state index is -0.192. The summed E-state index contributed by atoms with van der Waals surface area (Å²) in [6.07, 6.45) is 3.41. The molecule has 1 aromatic carbocycles. The third-order valence-corrected chi connectivity index (χ3v) is 5.53. The first-order valence-corrected chi connectivity index (χ1v) is 9.65. The van der Waals surface area contributed by atoms with Crippen LogP contribution >= 0.6 is 12.4 Å². The van der Waals surface area contributed by atoms with Crippen LogP contribution in [0.15, 0.2) is 36.5 Å². The monoisotopic (exact) mass is 414 g/mol. The van der Waals surface area contributed by atoms with E-state index in [0.29, 0.717) is 5.69 Å². The topological polar surface area (TPSA) is 85.9 Å². The number of likely N-dealkylation sites (tertiary alicyclic amines) is 1. The number of aryl methyl sites for hydroxylation is 2. The van der Waals surface area contributed by atoms with E-state index < -0.39 is 0 Å². The normalized spacial score (nSPS) is 19.6. The van der Waals surface area contributed by atoms with E-state index in [1.165, 1.54) is 0 Å². The Bertz CT molecular complexity index is 971. The highest BCUT2D eigenvalue weighted by Crippen LogP contribution is 2.29. The number of anilines is 1. The number of nitrogens with zero attached hydrogens (tertiary/aromatic N) is 3. The third kappa shape index (κ3) is 4.68. The van der Waals surface area contributed by atoms with Crippen molar-refractivity contribution < 1.29 is 4.79 Å². The Morgan fingerprint density at radius 1 is 1.28 bits per heavy atom. The molecule has 1 saturated heterocycles. The van der Waals surface area contributed by atoms with Crippen LogP contribution in [0.1, 0.15) is 36.0 Å². The van der Waals surface area contributed by atoms with Gasteiger partial charge in [-0.3, -0.25) is 9.88 Å². The lowest BCUT2D eigenvalue weighted by Gasteiger charge is -2.36. The van der Waals surface area contributed by atoms with Gasteiger partial charge in [0.2, 0.25) is 0 Å². The number of hydrogen-bond donors (Lipinski definition) is 3. The van der Waals surface area contributed by atoms with Gasteiger partial charge in [-0.1, -0.05) is 12.1 Å². The smallest absolute Gasteiger partial charge is 0.319 e. The van der Waals surface area contributed by atoms with E-state index in [2.05, 4.69) is 32.5 Å². The largest absolute Gasteiger partial charge is 0.341 e. The summed E-state index contributed by atoms with van der Waals surface area (Å²) in [4.78, 5) is 27.2. The Morgan fingerprint density at radius 3 is 2.83 bits per heavy atom. The number of hydrogen-bond acceptors (Lipinski definition) is 4. The standard InChI is InChI=1S/C21H26N6O.ClH/c1-13-10-16(12-22-14(13)2)24-21(28)23-15-8-9-27(3)19(11-15)20-25-17-6-4-5-7-18(17)26-20;/h4-7,10,12,15,19H,8-9,11H2,1-3H3,(H,25,26)(H2,23,24,28);1H/t15-,19-;/m1./s1. The SMILES string of the molecule is Cc1cc(NC(=O)N[C@@H]2CCN(C)[C@@H](c3nc4ccccc4[nH]3)C2)cnc1C.Cl. The van der Waals surface area contributed by atoms with Crippen LogP contribution in [0.25, 0.3) is 11.0 Å². The van der Waals surface area contributed by atoms with Crippen molar-refractivity contribution in [3.8, 4) is 0 Å². The number of imidazole rings is 1. The summed E-state index contributed by atoms with van der Waals surface area (Å²) in [6, 6.07) is 10.0. The van der Waals surface area contributed by atoms with Crippen molar-refractivity contribution in [3.05, 3.63) is 53.6 Å². The number of benzene rings is 1. The molecule has 1 fully saturated rings. The van der Waals surface area contributed by atoms with Crippen LogP contribution in [0, 0.1) is 13.8 Å². The second-order valence-electron chi connectivity index (χ2n) is 7.58. The van der Waals surface area contributed by atoms with Gasteiger partial charge < -0.3 is 15.6 Å². The minimum Gasteiger partial charge on any atom is -0.341 e. The predicted molar refractivity (Wildman–Crippen MR) is 118 cm³/mol. The zero-order chi connectivity index (χ0) is 19.7. The molecule has 3 heterocycles. The molecule has 4 rings (SSSR count). The molecule has 3 aromatic rings. The molecule has 2 atom stereocenters. The van der Waals surface area contributed by atoms with Crippen molar-refractivity contribution in [3.63, 3.8) is 0 Å². The Labute approximate surface area is 176 Å². The van der Waals surface area contributed by atoms with E-state index in [9.17, 15) is 4.79 Å². The molecular formula is C21H27ClN6O. The second-order valence-corrected chi connectivity index (χ2v) is 7.58. The summed E-state index contributed by atoms with van der Waals surface area (Å²) in [7, 11) is 2.11. The number of fused-ring (bicyclic) bond motifs is 1. The molecule has 3 N–H and O–H groups in total. The summed E-state index contributed by atoms with van der Waals surface area (Å²) in [5.74, 6) is 0.953. The van der Waals surface area contributed by atoms with Crippen molar-refractivity contribution >= 4 is 35.2 Å². The number of aromatic amines is 1. The Hall–Kier alpha value is -2.64. The average molecular weight is 415 g/mol. The predicted octanol–water partition coefficient (Wildman–Crippen LogP) is 3.95. The van der Waals surface area contributed by atoms with Gasteiger partial charge in [0, 0.05) is 18.3 Å². The van der Waals surface area contributed by atoms with Gasteiger partial charge in [0.1, 0.15) is 5.82 Å². The maximum atomic E-state index is 12.5. The summed E-state index contributed by atoms with van der Waals surface area (Å²) < 4.78 is 0. The van der Waals surface area contributed by atoms with Crippen LogP contribution in [-0.4, -0.2) is 45.5 Å². The molecule has 7 nitrogen and oxygen atoms in total. The summed E-state index contributed by atoms with van der Waals surface area (Å²) >= 11 is 0. The number of piperidine rings is 1. The molecule has 2 amide bonds. The number of rotatable bonds is 3. The first-order valence-electron chi connectivity index (χ1n) is 9.65. The van der Waals surface area contributed by atoms with Crippen LogP contribution in [0.4, 0.5) is 10.5 Å². The van der Waals surface area contributed by atoms with Gasteiger partial charge in [0.15, 0.2) is 0 Å². The number of urea groups is 1. The van der Waals surface area contributed by atoms with Crippen LogP contribution in [0.2, 0.25) is 0 Å². The fourth-order valence-corrected chi connectivity index (χ4v) is 3.73. The van der Waals surface area contributed by atoms with Crippen LogP contribution in [0.3, 0.4) is 0 Å². The lowest BCUT2D eigenvalue weighted by Crippen LogP contribution is -2.46. The van der Waals surface area contributed by atoms with Gasteiger partial charge in [-0.2, -0.15) is 0 Å². The molecule has 0 saturated carbocycles. The molecule has 0 radical (unpaired) electrons. The summed E-state index contributed by atoms with van der Waals surface area (Å²) in [6.45, 7) is 4.84. The average Bonchev–Trinajstić information content (AvgIpc) is 3.10. The molecule has 2 aromatic heterocycles. The number of aromatic nitrogens is 3. The van der Waals surface area contributed by atoms with Crippen LogP contribution < -0.4 is 10.6 Å². The fraction of sp³-hybridized carbons (Fsp3) is 0.381. The molecule has 8 heteroatoms. The van der Waals surface area contributed by atoms with Gasteiger partial charge in [0.25, 0.3) is 0 Å². The minimum absolute atomic E-state index is 0. The molecule has 0 spiro atoms. The second kappa shape index (κ2) is 8.80. The van der Waals surface area contributed by atoms with Gasteiger partial charge >= 0.3 is 6.03 Å². The molecule has 1 aliphatic rings. The number of amides is 2. The van der Waals surface area contributed by atoms with E-state index in [-0.39, 0.29) is 30.5 Å². The van der Waals surface area contributed by atoms with Crippen molar-refractivity contribution in [2.75, 3.05) is 18.9 Å². The fourth-order valence-electron chi connectivity index (χ4n) is 3.73. The van der Waals surface area contributed by atoms with Crippen molar-refractivity contribution in [1.82, 2.24) is 25.2 Å². The number of halogens is 1. The van der Waals surface area contributed by atoms with Crippen molar-refractivity contribution in [1.29, 1.82) is 0 Å². The molecule has 154 valence electrons. The summed E-state index contributed by atoms with van der Waals surface area (Å²) in [5.41, 5.74) is 4.75. The van der Waals surface area contributed by atoms with Gasteiger partial charge in [0.05, 0.1) is 29.0 Å². The molecule has 0 aliphatic carbocycles. The van der Waals surface area contributed by atoms with E-state index in [1.54, 1.807) is 6.20 Å². The Kier molecular flexibility index (Phi) is 6.39. The first-order chi connectivity index (χ1) is 13.5. The van der Waals surface area contributed by atoms with Crippen molar-refractivity contribution in [2.24, 2.45) is 0 Å². The highest BCUT2D eigenvalue weighted by Gasteiger charge is 2.30. The van der Waals surface area contributed by atoms with Crippen LogP contribution in [-0.2, 0) is 0 Å². The lowest BCUT2D eigenvalue weighted by molar-refractivity contribution is 0.153. The van der Waals surface area contributed by atoms with E-state index in [1.807, 2.05) is 44.2 Å². The maximum Gasteiger partial charge on any atom is 0.319 e. The Balaban J connectivity index is 0.00000240.